The second-order valence-corrected chi connectivity index (χ2v) is 5.86. The van der Waals surface area contributed by atoms with Crippen LogP contribution >= 0.6 is 11.6 Å². The fourth-order valence-corrected chi connectivity index (χ4v) is 2.92. The molecule has 21 heavy (non-hydrogen) atoms. The zero-order valence-corrected chi connectivity index (χ0v) is 12.4. The van der Waals surface area contributed by atoms with Crippen LogP contribution < -0.4 is 5.32 Å². The van der Waals surface area contributed by atoms with Crippen molar-refractivity contribution in [2.24, 2.45) is 5.92 Å². The lowest BCUT2D eigenvalue weighted by Crippen LogP contribution is -2.17. The van der Waals surface area contributed by atoms with Crippen molar-refractivity contribution in [3.63, 3.8) is 0 Å². The first-order valence-corrected chi connectivity index (χ1v) is 7.34. The number of nitrogens with one attached hydrogen (secondary N) is 1. The van der Waals surface area contributed by atoms with E-state index in [9.17, 15) is 4.39 Å². The van der Waals surface area contributed by atoms with E-state index in [0.717, 1.165) is 25.7 Å². The summed E-state index contributed by atoms with van der Waals surface area (Å²) in [5, 5.41) is 11.3. The zero-order chi connectivity index (χ0) is 14.8. The number of pyridine rings is 1. The van der Waals surface area contributed by atoms with Gasteiger partial charge >= 0.3 is 0 Å². The van der Waals surface area contributed by atoms with Gasteiger partial charge in [0.1, 0.15) is 0 Å². The van der Waals surface area contributed by atoms with Crippen LogP contribution in [0.25, 0.3) is 0 Å². The third kappa shape index (κ3) is 3.50. The molecule has 0 amide bonds. The Kier molecular flexibility index (Phi) is 4.05. The van der Waals surface area contributed by atoms with Crippen LogP contribution in [0, 0.1) is 18.7 Å². The normalized spacial score (nSPS) is 21.7. The largest absolute Gasteiger partial charge is 0.426 e. The minimum absolute atomic E-state index is 0.210. The number of nitrogens with zero attached hydrogens (tertiary/aromatic N) is 3. The van der Waals surface area contributed by atoms with Crippen LogP contribution in [0.15, 0.2) is 16.7 Å². The molecule has 0 unspecified atom stereocenters. The van der Waals surface area contributed by atoms with Gasteiger partial charge in [0, 0.05) is 25.6 Å². The van der Waals surface area contributed by atoms with E-state index in [-0.39, 0.29) is 11.9 Å². The first-order valence-electron chi connectivity index (χ1n) is 6.96. The van der Waals surface area contributed by atoms with Gasteiger partial charge in [0.15, 0.2) is 11.6 Å². The molecule has 2 aromatic heterocycles. The van der Waals surface area contributed by atoms with Crippen molar-refractivity contribution >= 4 is 17.4 Å². The molecule has 2 atom stereocenters. The molecule has 7 heteroatoms. The Hall–Kier alpha value is -1.69. The Morgan fingerprint density at radius 1 is 1.43 bits per heavy atom. The molecule has 0 bridgehead atoms. The van der Waals surface area contributed by atoms with Crippen LogP contribution in [0.1, 0.15) is 31.0 Å². The van der Waals surface area contributed by atoms with Gasteiger partial charge in [-0.1, -0.05) is 11.6 Å². The predicted molar refractivity (Wildman–Crippen MR) is 76.7 cm³/mol. The highest BCUT2D eigenvalue weighted by molar-refractivity contribution is 6.30. The van der Waals surface area contributed by atoms with Crippen LogP contribution in [0.2, 0.25) is 5.02 Å². The molecule has 3 rings (SSSR count). The molecule has 0 aliphatic heterocycles. The molecule has 2 aromatic rings. The van der Waals surface area contributed by atoms with Crippen LogP contribution in [-0.2, 0) is 6.42 Å². The van der Waals surface area contributed by atoms with E-state index in [1.165, 1.54) is 12.3 Å². The molecular formula is C14H16ClFN4O. The molecule has 1 N–H and O–H groups in total. The number of hydrogen-bond donors (Lipinski definition) is 1. The monoisotopic (exact) mass is 310 g/mol. The quantitative estimate of drug-likeness (QED) is 0.937. The maximum Gasteiger partial charge on any atom is 0.216 e. The van der Waals surface area contributed by atoms with Crippen molar-refractivity contribution in [2.75, 3.05) is 5.32 Å². The SMILES string of the molecule is Cc1nnc(C[C@@H]2CC[C@H](Nc3ncc(Cl)cc3F)C2)o1. The topological polar surface area (TPSA) is 63.8 Å². The van der Waals surface area contributed by atoms with Gasteiger partial charge < -0.3 is 9.73 Å². The molecule has 1 fully saturated rings. The molecule has 1 saturated carbocycles. The number of aryl methyl sites for hydroxylation is 1. The number of rotatable bonds is 4. The van der Waals surface area contributed by atoms with Crippen LogP contribution in [0.5, 0.6) is 0 Å². The van der Waals surface area contributed by atoms with Gasteiger partial charge in [-0.25, -0.2) is 9.37 Å². The van der Waals surface area contributed by atoms with E-state index >= 15 is 0 Å². The Labute approximate surface area is 126 Å². The Balaban J connectivity index is 1.57. The van der Waals surface area contributed by atoms with Gasteiger partial charge in [0.25, 0.3) is 0 Å². The van der Waals surface area contributed by atoms with Crippen LogP contribution in [0.3, 0.4) is 0 Å². The molecule has 0 radical (unpaired) electrons. The first-order chi connectivity index (χ1) is 10.1. The summed E-state index contributed by atoms with van der Waals surface area (Å²) in [4.78, 5) is 3.99. The van der Waals surface area contributed by atoms with E-state index < -0.39 is 5.82 Å². The lowest BCUT2D eigenvalue weighted by Gasteiger charge is -2.14. The highest BCUT2D eigenvalue weighted by atomic mass is 35.5. The molecular weight excluding hydrogens is 295 g/mol. The fourth-order valence-electron chi connectivity index (χ4n) is 2.77. The molecule has 0 saturated heterocycles. The Morgan fingerprint density at radius 3 is 3.00 bits per heavy atom. The Morgan fingerprint density at radius 2 is 2.29 bits per heavy atom. The molecule has 0 aromatic carbocycles. The van der Waals surface area contributed by atoms with Gasteiger partial charge in [0.2, 0.25) is 11.8 Å². The van der Waals surface area contributed by atoms with Crippen molar-refractivity contribution in [1.29, 1.82) is 0 Å². The lowest BCUT2D eigenvalue weighted by molar-refractivity contribution is 0.416. The van der Waals surface area contributed by atoms with E-state index in [1.807, 2.05) is 0 Å². The molecule has 0 spiro atoms. The third-order valence-corrected chi connectivity index (χ3v) is 3.93. The molecule has 5 nitrogen and oxygen atoms in total. The van der Waals surface area contributed by atoms with Gasteiger partial charge in [0.05, 0.1) is 5.02 Å². The average molecular weight is 311 g/mol. The van der Waals surface area contributed by atoms with Crippen molar-refractivity contribution in [3.05, 3.63) is 34.9 Å². The predicted octanol–water partition coefficient (Wildman–Crippen LogP) is 3.39. The van der Waals surface area contributed by atoms with Gasteiger partial charge in [-0.3, -0.25) is 0 Å². The van der Waals surface area contributed by atoms with E-state index in [4.69, 9.17) is 16.0 Å². The van der Waals surface area contributed by atoms with Crippen molar-refractivity contribution in [1.82, 2.24) is 15.2 Å². The summed E-state index contributed by atoms with van der Waals surface area (Å²) in [7, 11) is 0. The summed E-state index contributed by atoms with van der Waals surface area (Å²) >= 11 is 5.70. The van der Waals surface area contributed by atoms with E-state index in [1.54, 1.807) is 6.92 Å². The minimum atomic E-state index is -0.418. The van der Waals surface area contributed by atoms with Crippen LogP contribution in [-0.4, -0.2) is 21.2 Å². The maximum atomic E-state index is 13.7. The summed E-state index contributed by atoms with van der Waals surface area (Å²) in [5.74, 6) is 1.58. The second kappa shape index (κ2) is 5.97. The average Bonchev–Trinajstić information content (AvgIpc) is 3.03. The van der Waals surface area contributed by atoms with Gasteiger partial charge in [-0.15, -0.1) is 10.2 Å². The highest BCUT2D eigenvalue weighted by Crippen LogP contribution is 2.30. The van der Waals surface area contributed by atoms with E-state index in [2.05, 4.69) is 20.5 Å². The van der Waals surface area contributed by atoms with Crippen molar-refractivity contribution < 1.29 is 8.81 Å². The van der Waals surface area contributed by atoms with Crippen molar-refractivity contribution in [3.8, 4) is 0 Å². The number of aromatic nitrogens is 3. The number of anilines is 1. The lowest BCUT2D eigenvalue weighted by atomic mass is 10.0. The molecule has 1 aliphatic rings. The maximum absolute atomic E-state index is 13.7. The van der Waals surface area contributed by atoms with Gasteiger partial charge in [-0.05, 0) is 31.2 Å². The summed E-state index contributed by atoms with van der Waals surface area (Å²) in [6.07, 6.45) is 5.18. The molecule has 1 aliphatic carbocycles. The third-order valence-electron chi connectivity index (χ3n) is 3.72. The number of halogens is 2. The standard InChI is InChI=1S/C14H16ClFN4O/c1-8-19-20-13(21-8)5-9-2-3-11(4-9)18-14-12(16)6-10(15)7-17-14/h6-7,9,11H,2-5H2,1H3,(H,17,18)/t9-,11+/m1/s1. The first kappa shape index (κ1) is 14.3. The minimum Gasteiger partial charge on any atom is -0.426 e. The summed E-state index contributed by atoms with van der Waals surface area (Å²) < 4.78 is 19.1. The highest BCUT2D eigenvalue weighted by Gasteiger charge is 2.27. The smallest absolute Gasteiger partial charge is 0.216 e. The fraction of sp³-hybridized carbons (Fsp3) is 0.500. The summed E-state index contributed by atoms with van der Waals surface area (Å²) in [5.41, 5.74) is 0. The molecule has 112 valence electrons. The summed E-state index contributed by atoms with van der Waals surface area (Å²) in [6.45, 7) is 1.78. The second-order valence-electron chi connectivity index (χ2n) is 5.42. The molecule has 2 heterocycles. The van der Waals surface area contributed by atoms with E-state index in [0.29, 0.717) is 22.7 Å². The van der Waals surface area contributed by atoms with Crippen molar-refractivity contribution in [2.45, 2.75) is 38.6 Å². The number of hydrogen-bond acceptors (Lipinski definition) is 5. The van der Waals surface area contributed by atoms with Gasteiger partial charge in [-0.2, -0.15) is 0 Å². The van der Waals surface area contributed by atoms with Crippen LogP contribution in [0.4, 0.5) is 10.2 Å². The summed E-state index contributed by atoms with van der Waals surface area (Å²) in [6, 6.07) is 1.48. The Bertz CT molecular complexity index is 633. The zero-order valence-electron chi connectivity index (χ0n) is 11.6.